The fourth-order valence-corrected chi connectivity index (χ4v) is 4.87. The molecule has 0 amide bonds. The standard InChI is InChI=1S/C32H44O5/c1-4-6-8-10-11-13-23-35-27-19-15-25(16-20-27)30(33)36-28-21-17-26(18-22-28)32(3)24-29(37-31(32)34)14-12-9-7-5-2/h15-22,29H,4-14,23-24H2,1-3H3/t29-,32+/m1/s1. The van der Waals surface area contributed by atoms with Gasteiger partial charge < -0.3 is 14.2 Å². The average molecular weight is 509 g/mol. The van der Waals surface area contributed by atoms with Gasteiger partial charge in [-0.1, -0.05) is 77.3 Å². The van der Waals surface area contributed by atoms with E-state index in [2.05, 4.69) is 13.8 Å². The van der Waals surface area contributed by atoms with Gasteiger partial charge in [0.1, 0.15) is 17.6 Å². The molecule has 202 valence electrons. The summed E-state index contributed by atoms with van der Waals surface area (Å²) in [6, 6.07) is 14.3. The van der Waals surface area contributed by atoms with Gasteiger partial charge in [0.05, 0.1) is 17.6 Å². The van der Waals surface area contributed by atoms with Crippen molar-refractivity contribution in [3.8, 4) is 11.5 Å². The molecule has 0 radical (unpaired) electrons. The number of unbranched alkanes of at least 4 members (excludes halogenated alkanes) is 8. The van der Waals surface area contributed by atoms with Crippen molar-refractivity contribution in [1.29, 1.82) is 0 Å². The molecule has 0 N–H and O–H groups in total. The number of carbonyl (C=O) groups excluding carboxylic acids is 2. The monoisotopic (exact) mass is 508 g/mol. The van der Waals surface area contributed by atoms with E-state index >= 15 is 0 Å². The highest BCUT2D eigenvalue weighted by Gasteiger charge is 2.46. The Hall–Kier alpha value is -2.82. The molecule has 2 aromatic rings. The summed E-state index contributed by atoms with van der Waals surface area (Å²) < 4.78 is 17.0. The minimum absolute atomic E-state index is 0.0235. The maximum atomic E-state index is 12.7. The molecule has 0 unspecified atom stereocenters. The van der Waals surface area contributed by atoms with Crippen molar-refractivity contribution < 1.29 is 23.8 Å². The first kappa shape index (κ1) is 28.7. The second-order valence-corrected chi connectivity index (χ2v) is 10.5. The highest BCUT2D eigenvalue weighted by Crippen LogP contribution is 2.39. The number of hydrogen-bond donors (Lipinski definition) is 0. The largest absolute Gasteiger partial charge is 0.494 e. The molecular formula is C32H44O5. The van der Waals surface area contributed by atoms with Crippen LogP contribution in [0.5, 0.6) is 11.5 Å². The van der Waals surface area contributed by atoms with Gasteiger partial charge in [-0.25, -0.2) is 4.79 Å². The van der Waals surface area contributed by atoms with Gasteiger partial charge in [-0.15, -0.1) is 0 Å². The van der Waals surface area contributed by atoms with Crippen LogP contribution in [0.1, 0.15) is 114 Å². The molecule has 2 aromatic carbocycles. The number of ether oxygens (including phenoxy) is 3. The molecule has 0 saturated carbocycles. The van der Waals surface area contributed by atoms with Crippen LogP contribution in [0.2, 0.25) is 0 Å². The van der Waals surface area contributed by atoms with Crippen LogP contribution in [0, 0.1) is 0 Å². The molecule has 0 aliphatic carbocycles. The lowest BCUT2D eigenvalue weighted by molar-refractivity contribution is -0.145. The Morgan fingerprint density at radius 3 is 2.11 bits per heavy atom. The lowest BCUT2D eigenvalue weighted by Gasteiger charge is -2.20. The summed E-state index contributed by atoms with van der Waals surface area (Å²) in [6.45, 7) is 7.04. The summed E-state index contributed by atoms with van der Waals surface area (Å²) in [4.78, 5) is 25.3. The third-order valence-electron chi connectivity index (χ3n) is 7.30. The van der Waals surface area contributed by atoms with Gasteiger partial charge >= 0.3 is 11.9 Å². The zero-order chi connectivity index (χ0) is 26.5. The third-order valence-corrected chi connectivity index (χ3v) is 7.30. The number of benzene rings is 2. The van der Waals surface area contributed by atoms with Gasteiger partial charge in [-0.05, 0) is 68.1 Å². The maximum Gasteiger partial charge on any atom is 0.343 e. The maximum absolute atomic E-state index is 12.7. The van der Waals surface area contributed by atoms with E-state index in [4.69, 9.17) is 14.2 Å². The molecule has 3 rings (SSSR count). The topological polar surface area (TPSA) is 61.8 Å². The Bertz CT molecular complexity index is 966. The van der Waals surface area contributed by atoms with Gasteiger partial charge in [0.2, 0.25) is 0 Å². The molecule has 2 atom stereocenters. The smallest absolute Gasteiger partial charge is 0.343 e. The van der Waals surface area contributed by atoms with Crippen molar-refractivity contribution in [2.24, 2.45) is 0 Å². The molecule has 1 aliphatic heterocycles. The first-order valence-corrected chi connectivity index (χ1v) is 14.2. The minimum atomic E-state index is -0.663. The first-order valence-electron chi connectivity index (χ1n) is 14.2. The van der Waals surface area contributed by atoms with Crippen LogP contribution in [0.25, 0.3) is 0 Å². The van der Waals surface area contributed by atoms with E-state index in [9.17, 15) is 9.59 Å². The van der Waals surface area contributed by atoms with Crippen LogP contribution >= 0.6 is 0 Å². The number of esters is 2. The number of carbonyl (C=O) groups is 2. The summed E-state index contributed by atoms with van der Waals surface area (Å²) in [6.07, 6.45) is 13.6. The second kappa shape index (κ2) is 14.8. The fraction of sp³-hybridized carbons (Fsp3) is 0.562. The van der Waals surface area contributed by atoms with Crippen LogP contribution in [0.15, 0.2) is 48.5 Å². The van der Waals surface area contributed by atoms with Gasteiger partial charge in [0, 0.05) is 6.42 Å². The lowest BCUT2D eigenvalue weighted by Crippen LogP contribution is -2.27. The van der Waals surface area contributed by atoms with Crippen LogP contribution in [0.3, 0.4) is 0 Å². The van der Waals surface area contributed by atoms with Crippen molar-refractivity contribution in [1.82, 2.24) is 0 Å². The Labute approximate surface area is 222 Å². The molecule has 5 nitrogen and oxygen atoms in total. The number of hydrogen-bond acceptors (Lipinski definition) is 5. The van der Waals surface area contributed by atoms with Crippen LogP contribution in [-0.2, 0) is 14.9 Å². The van der Waals surface area contributed by atoms with E-state index in [1.165, 1.54) is 51.4 Å². The molecule has 0 aromatic heterocycles. The second-order valence-electron chi connectivity index (χ2n) is 10.5. The minimum Gasteiger partial charge on any atom is -0.494 e. The van der Waals surface area contributed by atoms with E-state index in [1.54, 1.807) is 24.3 Å². The number of rotatable bonds is 16. The van der Waals surface area contributed by atoms with Crippen LogP contribution in [-0.4, -0.2) is 24.6 Å². The van der Waals surface area contributed by atoms with Crippen LogP contribution < -0.4 is 9.47 Å². The van der Waals surface area contributed by atoms with E-state index in [1.807, 2.05) is 31.2 Å². The summed E-state index contributed by atoms with van der Waals surface area (Å²) in [5, 5.41) is 0. The molecular weight excluding hydrogens is 464 g/mol. The van der Waals surface area contributed by atoms with Crippen LogP contribution in [0.4, 0.5) is 0 Å². The third kappa shape index (κ3) is 8.62. The van der Waals surface area contributed by atoms with Crippen molar-refractivity contribution in [3.63, 3.8) is 0 Å². The zero-order valence-corrected chi connectivity index (χ0v) is 22.9. The lowest BCUT2D eigenvalue weighted by atomic mass is 9.79. The van der Waals surface area contributed by atoms with Crippen molar-refractivity contribution in [3.05, 3.63) is 59.7 Å². The molecule has 1 fully saturated rings. The van der Waals surface area contributed by atoms with Crippen molar-refractivity contribution in [2.75, 3.05) is 6.61 Å². The SMILES string of the molecule is CCCCCCCCOc1ccc(C(=O)Oc2ccc([C@]3(C)C[C@@H](CCCCCC)OC3=O)cc2)cc1. The molecule has 5 heteroatoms. The quantitative estimate of drug-likeness (QED) is 0.130. The number of cyclic esters (lactones) is 1. The Morgan fingerprint density at radius 1 is 0.838 bits per heavy atom. The molecule has 1 heterocycles. The fourth-order valence-electron chi connectivity index (χ4n) is 4.87. The van der Waals surface area contributed by atoms with E-state index in [0.717, 1.165) is 30.6 Å². The van der Waals surface area contributed by atoms with Gasteiger partial charge in [0.15, 0.2) is 0 Å². The Balaban J connectivity index is 1.46. The summed E-state index contributed by atoms with van der Waals surface area (Å²) in [5.41, 5.74) is 0.692. The van der Waals surface area contributed by atoms with Crippen molar-refractivity contribution >= 4 is 11.9 Å². The van der Waals surface area contributed by atoms with Gasteiger partial charge in [-0.3, -0.25) is 4.79 Å². The van der Waals surface area contributed by atoms with E-state index in [0.29, 0.717) is 24.3 Å². The highest BCUT2D eigenvalue weighted by atomic mass is 16.6. The highest BCUT2D eigenvalue weighted by molar-refractivity contribution is 5.91. The molecule has 1 aliphatic rings. The average Bonchev–Trinajstić information content (AvgIpc) is 3.20. The first-order chi connectivity index (χ1) is 18.0. The van der Waals surface area contributed by atoms with E-state index < -0.39 is 11.4 Å². The predicted molar refractivity (Wildman–Crippen MR) is 147 cm³/mol. The predicted octanol–water partition coefficient (Wildman–Crippen LogP) is 8.19. The summed E-state index contributed by atoms with van der Waals surface area (Å²) >= 11 is 0. The zero-order valence-electron chi connectivity index (χ0n) is 22.9. The Morgan fingerprint density at radius 2 is 1.43 bits per heavy atom. The van der Waals surface area contributed by atoms with E-state index in [-0.39, 0.29) is 12.1 Å². The molecule has 0 bridgehead atoms. The molecule has 0 spiro atoms. The molecule has 37 heavy (non-hydrogen) atoms. The Kier molecular flexibility index (Phi) is 11.5. The molecule has 1 saturated heterocycles. The van der Waals surface area contributed by atoms with Gasteiger partial charge in [-0.2, -0.15) is 0 Å². The summed E-state index contributed by atoms with van der Waals surface area (Å²) in [7, 11) is 0. The van der Waals surface area contributed by atoms with Crippen molar-refractivity contribution in [2.45, 2.75) is 109 Å². The van der Waals surface area contributed by atoms with Gasteiger partial charge in [0.25, 0.3) is 0 Å². The summed E-state index contributed by atoms with van der Waals surface area (Å²) in [5.74, 6) is 0.614. The normalized spacial score (nSPS) is 19.0.